The third-order valence-electron chi connectivity index (χ3n) is 4.47. The molecule has 1 heterocycles. The van der Waals surface area contributed by atoms with Crippen molar-refractivity contribution >= 4 is 32.6 Å². The van der Waals surface area contributed by atoms with Gasteiger partial charge in [0, 0.05) is 28.7 Å². The Bertz CT molecular complexity index is 699. The lowest BCUT2D eigenvalue weighted by atomic mass is 9.95. The van der Waals surface area contributed by atoms with Crippen LogP contribution in [0.5, 0.6) is 0 Å². The number of nitrogens with zero attached hydrogens (tertiary/aromatic N) is 1. The molecule has 2 aromatic carbocycles. The fourth-order valence-corrected chi connectivity index (χ4v) is 3.65. The molecule has 1 aliphatic rings. The summed E-state index contributed by atoms with van der Waals surface area (Å²) in [7, 11) is 0. The van der Waals surface area contributed by atoms with Crippen molar-refractivity contribution in [1.29, 1.82) is 0 Å². The highest BCUT2D eigenvalue weighted by Gasteiger charge is 2.29. The summed E-state index contributed by atoms with van der Waals surface area (Å²) >= 11 is 3.48. The Morgan fingerprint density at radius 3 is 2.73 bits per heavy atom. The van der Waals surface area contributed by atoms with Gasteiger partial charge in [-0.15, -0.1) is 0 Å². The minimum Gasteiger partial charge on any atom is -0.334 e. The van der Waals surface area contributed by atoms with Crippen LogP contribution in [-0.2, 0) is 0 Å². The number of benzene rings is 2. The molecular weight excluding hydrogens is 340 g/mol. The van der Waals surface area contributed by atoms with Crippen LogP contribution in [0.2, 0.25) is 0 Å². The number of rotatable bonds is 2. The SMILES string of the molecule is CC(N)C1CCCCN1C(=O)c1ccc2cc(Br)ccc2c1. The highest BCUT2D eigenvalue weighted by Crippen LogP contribution is 2.25. The van der Waals surface area contributed by atoms with E-state index in [0.29, 0.717) is 0 Å². The molecule has 1 fully saturated rings. The van der Waals surface area contributed by atoms with Crippen LogP contribution in [0.15, 0.2) is 40.9 Å². The lowest BCUT2D eigenvalue weighted by Gasteiger charge is -2.38. The van der Waals surface area contributed by atoms with E-state index in [4.69, 9.17) is 5.73 Å². The predicted octanol–water partition coefficient (Wildman–Crippen LogP) is 3.94. The summed E-state index contributed by atoms with van der Waals surface area (Å²) in [6.07, 6.45) is 3.22. The first-order valence-corrected chi connectivity index (χ1v) is 8.61. The van der Waals surface area contributed by atoms with Crippen LogP contribution < -0.4 is 5.73 Å². The number of carbonyl (C=O) groups excluding carboxylic acids is 1. The Morgan fingerprint density at radius 2 is 1.95 bits per heavy atom. The molecule has 1 saturated heterocycles. The molecule has 0 spiro atoms. The van der Waals surface area contributed by atoms with Crippen LogP contribution in [0, 0.1) is 0 Å². The maximum atomic E-state index is 12.9. The molecule has 0 radical (unpaired) electrons. The molecule has 0 bridgehead atoms. The van der Waals surface area contributed by atoms with Crippen molar-refractivity contribution in [2.45, 2.75) is 38.3 Å². The van der Waals surface area contributed by atoms with E-state index in [2.05, 4.69) is 22.0 Å². The number of likely N-dealkylation sites (tertiary alicyclic amines) is 1. The standard InChI is InChI=1S/C18H21BrN2O/c1-12(20)17-4-2-3-9-21(17)18(22)15-6-5-14-11-16(19)8-7-13(14)10-15/h5-8,10-12,17H,2-4,9,20H2,1H3. The van der Waals surface area contributed by atoms with Gasteiger partial charge in [-0.3, -0.25) is 4.79 Å². The highest BCUT2D eigenvalue weighted by molar-refractivity contribution is 9.10. The van der Waals surface area contributed by atoms with Crippen molar-refractivity contribution in [2.75, 3.05) is 6.54 Å². The average Bonchev–Trinajstić information content (AvgIpc) is 2.53. The van der Waals surface area contributed by atoms with E-state index in [-0.39, 0.29) is 18.0 Å². The highest BCUT2D eigenvalue weighted by atomic mass is 79.9. The van der Waals surface area contributed by atoms with Crippen molar-refractivity contribution in [2.24, 2.45) is 5.73 Å². The van der Waals surface area contributed by atoms with E-state index >= 15 is 0 Å². The molecule has 2 aromatic rings. The van der Waals surface area contributed by atoms with Gasteiger partial charge in [-0.25, -0.2) is 0 Å². The first kappa shape index (κ1) is 15.5. The summed E-state index contributed by atoms with van der Waals surface area (Å²) < 4.78 is 1.05. The zero-order chi connectivity index (χ0) is 15.7. The molecule has 1 amide bonds. The van der Waals surface area contributed by atoms with Gasteiger partial charge in [0.15, 0.2) is 0 Å². The number of nitrogens with two attached hydrogens (primary N) is 1. The Morgan fingerprint density at radius 1 is 1.23 bits per heavy atom. The molecule has 0 saturated carbocycles. The van der Waals surface area contributed by atoms with E-state index in [1.165, 1.54) is 0 Å². The fourth-order valence-electron chi connectivity index (χ4n) is 3.27. The number of carbonyl (C=O) groups is 1. The third kappa shape index (κ3) is 3.03. The molecule has 4 heteroatoms. The van der Waals surface area contributed by atoms with Crippen LogP contribution in [0.1, 0.15) is 36.5 Å². The summed E-state index contributed by atoms with van der Waals surface area (Å²) in [6, 6.07) is 12.2. The van der Waals surface area contributed by atoms with Crippen molar-refractivity contribution in [3.05, 3.63) is 46.4 Å². The summed E-state index contributed by atoms with van der Waals surface area (Å²) in [5.41, 5.74) is 6.83. The molecule has 0 aliphatic carbocycles. The zero-order valence-corrected chi connectivity index (χ0v) is 14.3. The normalized spacial score (nSPS) is 20.1. The van der Waals surface area contributed by atoms with Gasteiger partial charge < -0.3 is 10.6 Å². The maximum Gasteiger partial charge on any atom is 0.254 e. The summed E-state index contributed by atoms with van der Waals surface area (Å²) in [5.74, 6) is 0.104. The van der Waals surface area contributed by atoms with Crippen molar-refractivity contribution in [3.63, 3.8) is 0 Å². The molecule has 2 atom stereocenters. The average molecular weight is 361 g/mol. The molecule has 0 aromatic heterocycles. The van der Waals surface area contributed by atoms with Crippen LogP contribution in [-0.4, -0.2) is 29.4 Å². The fraction of sp³-hybridized carbons (Fsp3) is 0.389. The van der Waals surface area contributed by atoms with Crippen LogP contribution >= 0.6 is 15.9 Å². The Kier molecular flexibility index (Phi) is 4.50. The molecule has 22 heavy (non-hydrogen) atoms. The van der Waals surface area contributed by atoms with E-state index in [1.54, 1.807) is 0 Å². The van der Waals surface area contributed by atoms with Crippen molar-refractivity contribution in [1.82, 2.24) is 4.90 Å². The van der Waals surface area contributed by atoms with E-state index in [1.807, 2.05) is 42.2 Å². The van der Waals surface area contributed by atoms with E-state index in [0.717, 1.165) is 46.6 Å². The number of halogens is 1. The second-order valence-corrected chi connectivity index (χ2v) is 7.04. The number of hydrogen-bond donors (Lipinski definition) is 1. The summed E-state index contributed by atoms with van der Waals surface area (Å²) in [4.78, 5) is 14.9. The molecule has 2 unspecified atom stereocenters. The lowest BCUT2D eigenvalue weighted by molar-refractivity contribution is 0.0584. The topological polar surface area (TPSA) is 46.3 Å². The number of fused-ring (bicyclic) bond motifs is 1. The van der Waals surface area contributed by atoms with E-state index in [9.17, 15) is 4.79 Å². The number of piperidine rings is 1. The van der Waals surface area contributed by atoms with Gasteiger partial charge in [0.05, 0.1) is 0 Å². The molecule has 3 rings (SSSR count). The van der Waals surface area contributed by atoms with Crippen molar-refractivity contribution in [3.8, 4) is 0 Å². The Hall–Kier alpha value is -1.39. The zero-order valence-electron chi connectivity index (χ0n) is 12.8. The minimum atomic E-state index is 0.0145. The molecule has 1 aliphatic heterocycles. The number of amides is 1. The maximum absolute atomic E-state index is 12.9. The van der Waals surface area contributed by atoms with E-state index < -0.39 is 0 Å². The minimum absolute atomic E-state index is 0.0145. The van der Waals surface area contributed by atoms with Gasteiger partial charge in [0.2, 0.25) is 0 Å². The second kappa shape index (κ2) is 6.39. The van der Waals surface area contributed by atoms with Gasteiger partial charge in [0.25, 0.3) is 5.91 Å². The second-order valence-electron chi connectivity index (χ2n) is 6.13. The van der Waals surface area contributed by atoms with Crippen molar-refractivity contribution < 1.29 is 4.79 Å². The largest absolute Gasteiger partial charge is 0.334 e. The van der Waals surface area contributed by atoms with Gasteiger partial charge >= 0.3 is 0 Å². The van der Waals surface area contributed by atoms with Gasteiger partial charge in [-0.1, -0.05) is 28.1 Å². The van der Waals surface area contributed by atoms with Crippen LogP contribution in [0.25, 0.3) is 10.8 Å². The molecule has 2 N–H and O–H groups in total. The van der Waals surface area contributed by atoms with Gasteiger partial charge in [0.1, 0.15) is 0 Å². The molecule has 116 valence electrons. The summed E-state index contributed by atoms with van der Waals surface area (Å²) in [6.45, 7) is 2.80. The van der Waals surface area contributed by atoms with Crippen LogP contribution in [0.4, 0.5) is 0 Å². The Balaban J connectivity index is 1.92. The van der Waals surface area contributed by atoms with Gasteiger partial charge in [-0.05, 0) is 61.2 Å². The monoisotopic (exact) mass is 360 g/mol. The molecule has 3 nitrogen and oxygen atoms in total. The molecular formula is C18H21BrN2O. The lowest BCUT2D eigenvalue weighted by Crippen LogP contribution is -2.51. The van der Waals surface area contributed by atoms with Gasteiger partial charge in [-0.2, -0.15) is 0 Å². The first-order valence-electron chi connectivity index (χ1n) is 7.82. The smallest absolute Gasteiger partial charge is 0.254 e. The third-order valence-corrected chi connectivity index (χ3v) is 4.96. The summed E-state index contributed by atoms with van der Waals surface area (Å²) in [5, 5.41) is 2.22. The first-order chi connectivity index (χ1) is 10.6. The number of hydrogen-bond acceptors (Lipinski definition) is 2. The quantitative estimate of drug-likeness (QED) is 0.881. The Labute approximate surface area is 139 Å². The van der Waals surface area contributed by atoms with Crippen LogP contribution in [0.3, 0.4) is 0 Å². The predicted molar refractivity (Wildman–Crippen MR) is 94.0 cm³/mol.